The van der Waals surface area contributed by atoms with Gasteiger partial charge in [-0.15, -0.1) is 11.8 Å². The predicted octanol–water partition coefficient (Wildman–Crippen LogP) is -0.822. The molecule has 1 fully saturated rings. The summed E-state index contributed by atoms with van der Waals surface area (Å²) >= 11 is 1.39. The second-order valence-corrected chi connectivity index (χ2v) is 6.05. The number of amides is 1. The van der Waals surface area contributed by atoms with Crippen LogP contribution in [-0.4, -0.2) is 58.9 Å². The number of carbonyl (C=O) groups excluding carboxylic acids is 4. The lowest BCUT2D eigenvalue weighted by Gasteiger charge is -2.48. The molecule has 0 saturated carbocycles. The number of ketones is 1. The number of ether oxygens (including phenoxy) is 2. The summed E-state index contributed by atoms with van der Waals surface area (Å²) in [6.45, 7) is 2.04. The van der Waals surface area contributed by atoms with Crippen LogP contribution >= 0.6 is 11.8 Å². The van der Waals surface area contributed by atoms with E-state index >= 15 is 0 Å². The third kappa shape index (κ3) is 3.14. The van der Waals surface area contributed by atoms with Crippen LogP contribution in [-0.2, 0) is 28.7 Å². The van der Waals surface area contributed by atoms with Gasteiger partial charge < -0.3 is 15.2 Å². The summed E-state index contributed by atoms with van der Waals surface area (Å²) < 4.78 is 9.79. The highest BCUT2D eigenvalue weighted by atomic mass is 32.2. The van der Waals surface area contributed by atoms with Gasteiger partial charge in [0.2, 0.25) is 5.91 Å². The molecule has 1 saturated heterocycles. The van der Waals surface area contributed by atoms with Crippen LogP contribution in [0.4, 0.5) is 0 Å². The summed E-state index contributed by atoms with van der Waals surface area (Å²) in [7, 11) is 0. The van der Waals surface area contributed by atoms with Crippen LogP contribution in [0.1, 0.15) is 13.8 Å². The smallest absolute Gasteiger partial charge is 0.355 e. The Kier molecular flexibility index (Phi) is 4.87. The molecule has 0 bridgehead atoms. The van der Waals surface area contributed by atoms with E-state index in [2.05, 4.69) is 0 Å². The first-order valence-corrected chi connectivity index (χ1v) is 7.60. The van der Waals surface area contributed by atoms with Crippen LogP contribution in [0.15, 0.2) is 11.3 Å². The number of rotatable bonds is 5. The van der Waals surface area contributed by atoms with Crippen LogP contribution in [0, 0.1) is 0 Å². The molecule has 0 radical (unpaired) electrons. The number of nitrogens with zero attached hydrogens (tertiary/aromatic N) is 1. The van der Waals surface area contributed by atoms with Gasteiger partial charge in [0.25, 0.3) is 0 Å². The van der Waals surface area contributed by atoms with Gasteiger partial charge in [-0.05, 0) is 6.92 Å². The van der Waals surface area contributed by atoms with E-state index in [0.29, 0.717) is 11.3 Å². The predicted molar refractivity (Wildman–Crippen MR) is 76.4 cm³/mol. The summed E-state index contributed by atoms with van der Waals surface area (Å²) in [4.78, 5) is 47.2. The third-order valence-corrected chi connectivity index (χ3v) is 4.50. The number of nitrogens with two attached hydrogens (primary N) is 1. The monoisotopic (exact) mass is 328 g/mol. The lowest BCUT2D eigenvalue weighted by atomic mass is 10.0. The fraction of sp³-hybridized carbons (Fsp3) is 0.538. The number of β-lactam (4-membered cyclic amide) rings is 1. The maximum atomic E-state index is 12.2. The molecule has 0 spiro atoms. The van der Waals surface area contributed by atoms with E-state index in [9.17, 15) is 19.2 Å². The van der Waals surface area contributed by atoms with Gasteiger partial charge in [-0.3, -0.25) is 19.3 Å². The lowest BCUT2D eigenvalue weighted by Crippen LogP contribution is -2.68. The van der Waals surface area contributed by atoms with E-state index in [0.717, 1.165) is 0 Å². The molecule has 0 aromatic heterocycles. The Labute approximate surface area is 131 Å². The highest BCUT2D eigenvalue weighted by Gasteiger charge is 2.52. The minimum absolute atomic E-state index is 0.0259. The average molecular weight is 328 g/mol. The highest BCUT2D eigenvalue weighted by molar-refractivity contribution is 8.00. The van der Waals surface area contributed by atoms with Gasteiger partial charge >= 0.3 is 11.9 Å². The summed E-state index contributed by atoms with van der Waals surface area (Å²) in [6.07, 6.45) is 0. The fourth-order valence-corrected chi connectivity index (χ4v) is 3.38. The van der Waals surface area contributed by atoms with Crippen molar-refractivity contribution in [3.63, 3.8) is 0 Å². The fourth-order valence-electron chi connectivity index (χ4n) is 2.10. The molecule has 2 aliphatic rings. The molecule has 8 nitrogen and oxygen atoms in total. The Morgan fingerprint density at radius 1 is 1.32 bits per heavy atom. The zero-order chi connectivity index (χ0) is 16.4. The largest absolute Gasteiger partial charge is 0.461 e. The molecule has 1 amide bonds. The Hall–Kier alpha value is -1.87. The minimum atomic E-state index is -0.789. The van der Waals surface area contributed by atoms with Crippen molar-refractivity contribution in [3.8, 4) is 0 Å². The number of hydrogen-bond donors (Lipinski definition) is 1. The van der Waals surface area contributed by atoms with Crippen molar-refractivity contribution in [2.24, 2.45) is 5.73 Å². The quantitative estimate of drug-likeness (QED) is 0.514. The number of fused-ring (bicyclic) bond motifs is 1. The molecule has 2 rings (SSSR count). The van der Waals surface area contributed by atoms with E-state index in [1.165, 1.54) is 30.5 Å². The Morgan fingerprint density at radius 2 is 2.00 bits per heavy atom. The van der Waals surface area contributed by atoms with E-state index < -0.39 is 23.9 Å². The van der Waals surface area contributed by atoms with Crippen LogP contribution in [0.2, 0.25) is 0 Å². The van der Waals surface area contributed by atoms with Gasteiger partial charge in [-0.2, -0.15) is 0 Å². The maximum Gasteiger partial charge on any atom is 0.355 e. The second-order valence-electron chi connectivity index (χ2n) is 4.95. The average Bonchev–Trinajstić information content (AvgIpc) is 2.48. The Balaban J connectivity index is 2.24. The molecule has 2 heterocycles. The molecule has 1 unspecified atom stereocenters. The Bertz CT molecular complexity index is 573. The van der Waals surface area contributed by atoms with Crippen molar-refractivity contribution < 1.29 is 28.7 Å². The SMILES string of the molecule is CC(=O)COC(=O)C1=C(COC(C)=O)CS[C@H]2C(N)C(=O)N12. The highest BCUT2D eigenvalue weighted by Crippen LogP contribution is 2.39. The number of Topliss-reactive ketones (excluding diaryl/α,β-unsaturated/α-hetero) is 1. The molecule has 22 heavy (non-hydrogen) atoms. The zero-order valence-corrected chi connectivity index (χ0v) is 13.0. The number of esters is 2. The number of thioether (sulfide) groups is 1. The van der Waals surface area contributed by atoms with Crippen molar-refractivity contribution in [2.75, 3.05) is 19.0 Å². The van der Waals surface area contributed by atoms with Crippen molar-refractivity contribution in [3.05, 3.63) is 11.3 Å². The summed E-state index contributed by atoms with van der Waals surface area (Å²) in [5.74, 6) is -1.61. The van der Waals surface area contributed by atoms with Crippen LogP contribution < -0.4 is 5.73 Å². The summed E-state index contributed by atoms with van der Waals surface area (Å²) in [6, 6.07) is -0.670. The number of hydrogen-bond acceptors (Lipinski definition) is 8. The molecule has 2 atom stereocenters. The van der Waals surface area contributed by atoms with E-state index in [4.69, 9.17) is 15.2 Å². The number of carbonyl (C=O) groups is 4. The normalized spacial score (nSPS) is 23.6. The van der Waals surface area contributed by atoms with Gasteiger partial charge in [-0.1, -0.05) is 0 Å². The van der Waals surface area contributed by atoms with E-state index in [1.54, 1.807) is 0 Å². The molecule has 120 valence electrons. The van der Waals surface area contributed by atoms with Gasteiger partial charge in [0.1, 0.15) is 30.3 Å². The van der Waals surface area contributed by atoms with Crippen molar-refractivity contribution >= 4 is 35.4 Å². The van der Waals surface area contributed by atoms with Crippen molar-refractivity contribution in [2.45, 2.75) is 25.3 Å². The van der Waals surface area contributed by atoms with Crippen LogP contribution in [0.3, 0.4) is 0 Å². The molecule has 0 aromatic rings. The van der Waals surface area contributed by atoms with Crippen molar-refractivity contribution in [1.82, 2.24) is 4.90 Å². The molecule has 0 aliphatic carbocycles. The third-order valence-electron chi connectivity index (χ3n) is 3.14. The van der Waals surface area contributed by atoms with Crippen LogP contribution in [0.5, 0.6) is 0 Å². The van der Waals surface area contributed by atoms with Crippen LogP contribution in [0.25, 0.3) is 0 Å². The van der Waals surface area contributed by atoms with E-state index in [1.807, 2.05) is 0 Å². The molecule has 2 N–H and O–H groups in total. The zero-order valence-electron chi connectivity index (χ0n) is 12.2. The first-order valence-electron chi connectivity index (χ1n) is 6.55. The molecular weight excluding hydrogens is 312 g/mol. The summed E-state index contributed by atoms with van der Waals surface area (Å²) in [5.41, 5.74) is 6.19. The molecule has 0 aromatic carbocycles. The lowest BCUT2D eigenvalue weighted by molar-refractivity contribution is -0.152. The van der Waals surface area contributed by atoms with Gasteiger partial charge in [0.15, 0.2) is 5.78 Å². The van der Waals surface area contributed by atoms with Crippen molar-refractivity contribution in [1.29, 1.82) is 0 Å². The van der Waals surface area contributed by atoms with Gasteiger partial charge in [0.05, 0.1) is 0 Å². The molecular formula is C13H16N2O6S. The first kappa shape index (κ1) is 16.5. The maximum absolute atomic E-state index is 12.2. The Morgan fingerprint density at radius 3 is 2.59 bits per heavy atom. The molecule has 9 heteroatoms. The van der Waals surface area contributed by atoms with E-state index in [-0.39, 0.29) is 30.1 Å². The second kappa shape index (κ2) is 6.49. The first-order chi connectivity index (χ1) is 10.3. The summed E-state index contributed by atoms with van der Waals surface area (Å²) in [5, 5.41) is -0.339. The minimum Gasteiger partial charge on any atom is -0.461 e. The van der Waals surface area contributed by atoms with Gasteiger partial charge in [0, 0.05) is 18.2 Å². The topological polar surface area (TPSA) is 116 Å². The molecule has 2 aliphatic heterocycles. The van der Waals surface area contributed by atoms with Gasteiger partial charge in [-0.25, -0.2) is 4.79 Å². The standard InChI is InChI=1S/C13H16N2O6S/c1-6(16)3-21-13(19)10-8(4-20-7(2)17)5-22-12-9(14)11(18)15(10)12/h9,12H,3-5,14H2,1-2H3/t9?,12-/m0/s1.